The van der Waals surface area contributed by atoms with E-state index < -0.39 is 0 Å². The highest BCUT2D eigenvalue weighted by Gasteiger charge is 2.01. The average molecular weight is 221 g/mol. The van der Waals surface area contributed by atoms with E-state index in [1.165, 1.54) is 5.69 Å². The fourth-order valence-electron chi connectivity index (χ4n) is 1.32. The van der Waals surface area contributed by atoms with E-state index in [0.29, 0.717) is 6.04 Å². The molecule has 0 aliphatic rings. The summed E-state index contributed by atoms with van der Waals surface area (Å²) in [5, 5.41) is 12.0. The van der Waals surface area contributed by atoms with Crippen LogP contribution in [0.3, 0.4) is 0 Å². The number of nitrogens with one attached hydrogen (secondary N) is 1. The van der Waals surface area contributed by atoms with E-state index in [1.54, 1.807) is 11.3 Å². The van der Waals surface area contributed by atoms with Crippen molar-refractivity contribution >= 4 is 17.0 Å². The van der Waals surface area contributed by atoms with Crippen LogP contribution < -0.4 is 5.32 Å². The zero-order valence-electron chi connectivity index (χ0n) is 8.97. The van der Waals surface area contributed by atoms with E-state index in [0.717, 1.165) is 12.2 Å². The Morgan fingerprint density at radius 3 is 2.93 bits per heavy atom. The lowest BCUT2D eigenvalue weighted by Crippen LogP contribution is -2.04. The molecule has 80 valence electrons. The predicted molar refractivity (Wildman–Crippen MR) is 64.3 cm³/mol. The standard InChI is InChI=1S/C11H15N3S/c1-9(2)14-5-3-10(13-14)7-12-11-4-6-15-8-11/h3-6,8-9,12H,7H2,1-2H3. The van der Waals surface area contributed by atoms with Crippen molar-refractivity contribution in [3.8, 4) is 0 Å². The minimum absolute atomic E-state index is 0.430. The van der Waals surface area contributed by atoms with Gasteiger partial charge in [0.05, 0.1) is 12.2 Å². The van der Waals surface area contributed by atoms with Gasteiger partial charge in [0.15, 0.2) is 0 Å². The van der Waals surface area contributed by atoms with Gasteiger partial charge in [-0.2, -0.15) is 16.4 Å². The van der Waals surface area contributed by atoms with Crippen LogP contribution >= 0.6 is 11.3 Å². The van der Waals surface area contributed by atoms with E-state index in [4.69, 9.17) is 0 Å². The molecule has 0 aliphatic heterocycles. The van der Waals surface area contributed by atoms with Gasteiger partial charge in [-0.25, -0.2) is 0 Å². The highest BCUT2D eigenvalue weighted by Crippen LogP contribution is 2.13. The maximum Gasteiger partial charge on any atom is 0.0815 e. The van der Waals surface area contributed by atoms with Crippen molar-refractivity contribution in [1.29, 1.82) is 0 Å². The van der Waals surface area contributed by atoms with Gasteiger partial charge in [-0.15, -0.1) is 0 Å². The van der Waals surface area contributed by atoms with Crippen LogP contribution in [-0.4, -0.2) is 9.78 Å². The fraction of sp³-hybridized carbons (Fsp3) is 0.364. The molecule has 0 amide bonds. The minimum atomic E-state index is 0.430. The van der Waals surface area contributed by atoms with Crippen molar-refractivity contribution in [2.45, 2.75) is 26.4 Å². The number of thiophene rings is 1. The molecular formula is C11H15N3S. The maximum absolute atomic E-state index is 4.47. The highest BCUT2D eigenvalue weighted by molar-refractivity contribution is 7.08. The molecule has 0 radical (unpaired) electrons. The Bertz CT molecular complexity index is 403. The van der Waals surface area contributed by atoms with E-state index in [-0.39, 0.29) is 0 Å². The summed E-state index contributed by atoms with van der Waals surface area (Å²) < 4.78 is 1.98. The first-order valence-electron chi connectivity index (χ1n) is 5.06. The first kappa shape index (κ1) is 10.2. The van der Waals surface area contributed by atoms with Crippen molar-refractivity contribution in [1.82, 2.24) is 9.78 Å². The molecule has 15 heavy (non-hydrogen) atoms. The van der Waals surface area contributed by atoms with Crippen molar-refractivity contribution in [3.05, 3.63) is 34.8 Å². The molecule has 2 rings (SSSR count). The number of rotatable bonds is 4. The Balaban J connectivity index is 1.94. The van der Waals surface area contributed by atoms with Crippen molar-refractivity contribution in [2.24, 2.45) is 0 Å². The van der Waals surface area contributed by atoms with Crippen molar-refractivity contribution in [3.63, 3.8) is 0 Å². The second-order valence-corrected chi connectivity index (χ2v) is 4.53. The molecule has 2 aromatic heterocycles. The molecule has 0 spiro atoms. The van der Waals surface area contributed by atoms with Crippen LogP contribution in [0.4, 0.5) is 5.69 Å². The van der Waals surface area contributed by atoms with Gasteiger partial charge in [0, 0.05) is 23.3 Å². The number of anilines is 1. The quantitative estimate of drug-likeness (QED) is 0.859. The number of nitrogens with zero attached hydrogens (tertiary/aromatic N) is 2. The molecule has 2 heterocycles. The molecule has 0 saturated heterocycles. The lowest BCUT2D eigenvalue weighted by atomic mass is 10.4. The summed E-state index contributed by atoms with van der Waals surface area (Å²) in [6, 6.07) is 4.56. The second kappa shape index (κ2) is 4.49. The van der Waals surface area contributed by atoms with Gasteiger partial charge >= 0.3 is 0 Å². The first-order chi connectivity index (χ1) is 7.25. The van der Waals surface area contributed by atoms with Crippen molar-refractivity contribution < 1.29 is 0 Å². The van der Waals surface area contributed by atoms with Crippen LogP contribution in [0, 0.1) is 0 Å². The van der Waals surface area contributed by atoms with Crippen LogP contribution in [0.25, 0.3) is 0 Å². The van der Waals surface area contributed by atoms with Gasteiger partial charge in [-0.3, -0.25) is 4.68 Å². The molecule has 2 aromatic rings. The molecule has 3 nitrogen and oxygen atoms in total. The summed E-state index contributed by atoms with van der Waals surface area (Å²) in [7, 11) is 0. The lowest BCUT2D eigenvalue weighted by Gasteiger charge is -2.04. The van der Waals surface area contributed by atoms with Crippen LogP contribution in [-0.2, 0) is 6.54 Å². The van der Waals surface area contributed by atoms with Gasteiger partial charge in [-0.1, -0.05) is 0 Å². The number of aromatic nitrogens is 2. The Kier molecular flexibility index (Phi) is 3.06. The summed E-state index contributed by atoms with van der Waals surface area (Å²) in [6.07, 6.45) is 2.02. The van der Waals surface area contributed by atoms with Gasteiger partial charge in [0.2, 0.25) is 0 Å². The van der Waals surface area contributed by atoms with Gasteiger partial charge < -0.3 is 5.32 Å². The zero-order valence-corrected chi connectivity index (χ0v) is 9.79. The largest absolute Gasteiger partial charge is 0.379 e. The summed E-state index contributed by atoms with van der Waals surface area (Å²) in [5.74, 6) is 0. The third kappa shape index (κ3) is 2.59. The van der Waals surface area contributed by atoms with E-state index in [9.17, 15) is 0 Å². The molecule has 0 atom stereocenters. The molecular weight excluding hydrogens is 206 g/mol. The zero-order chi connectivity index (χ0) is 10.7. The molecule has 4 heteroatoms. The molecule has 0 saturated carbocycles. The summed E-state index contributed by atoms with van der Waals surface area (Å²) in [5.41, 5.74) is 2.24. The first-order valence-corrected chi connectivity index (χ1v) is 6.00. The van der Waals surface area contributed by atoms with Crippen LogP contribution in [0.15, 0.2) is 29.1 Å². The van der Waals surface area contributed by atoms with Crippen LogP contribution in [0.2, 0.25) is 0 Å². The number of hydrogen-bond donors (Lipinski definition) is 1. The third-order valence-corrected chi connectivity index (χ3v) is 2.87. The average Bonchev–Trinajstić information content (AvgIpc) is 2.86. The van der Waals surface area contributed by atoms with Crippen LogP contribution in [0.1, 0.15) is 25.6 Å². The predicted octanol–water partition coefficient (Wildman–Crippen LogP) is 3.14. The van der Waals surface area contributed by atoms with E-state index in [2.05, 4.69) is 47.2 Å². The van der Waals surface area contributed by atoms with Gasteiger partial charge in [0.1, 0.15) is 0 Å². The Morgan fingerprint density at radius 2 is 2.33 bits per heavy atom. The van der Waals surface area contributed by atoms with Gasteiger partial charge in [-0.05, 0) is 31.4 Å². The summed E-state index contributed by atoms with van der Waals surface area (Å²) in [4.78, 5) is 0. The SMILES string of the molecule is CC(C)n1ccc(CNc2ccsc2)n1. The smallest absolute Gasteiger partial charge is 0.0815 e. The van der Waals surface area contributed by atoms with Gasteiger partial charge in [0.25, 0.3) is 0 Å². The highest BCUT2D eigenvalue weighted by atomic mass is 32.1. The molecule has 1 N–H and O–H groups in total. The molecule has 0 aliphatic carbocycles. The fourth-order valence-corrected chi connectivity index (χ4v) is 1.93. The van der Waals surface area contributed by atoms with Crippen LogP contribution in [0.5, 0.6) is 0 Å². The molecule has 0 fully saturated rings. The molecule has 0 aromatic carbocycles. The van der Waals surface area contributed by atoms with E-state index >= 15 is 0 Å². The third-order valence-electron chi connectivity index (χ3n) is 2.19. The van der Waals surface area contributed by atoms with Crippen molar-refractivity contribution in [2.75, 3.05) is 5.32 Å². The topological polar surface area (TPSA) is 29.9 Å². The van der Waals surface area contributed by atoms with E-state index in [1.807, 2.05) is 10.9 Å². The Morgan fingerprint density at radius 1 is 1.47 bits per heavy atom. The lowest BCUT2D eigenvalue weighted by molar-refractivity contribution is 0.527. The molecule has 0 bridgehead atoms. The Hall–Kier alpha value is -1.29. The normalized spacial score (nSPS) is 10.9. The molecule has 0 unspecified atom stereocenters. The number of hydrogen-bond acceptors (Lipinski definition) is 3. The monoisotopic (exact) mass is 221 g/mol. The minimum Gasteiger partial charge on any atom is -0.379 e. The maximum atomic E-state index is 4.47. The summed E-state index contributed by atoms with van der Waals surface area (Å²) in [6.45, 7) is 5.04. The summed E-state index contributed by atoms with van der Waals surface area (Å²) >= 11 is 1.70. The second-order valence-electron chi connectivity index (χ2n) is 3.75. The Labute approximate surface area is 93.7 Å².